The number of rotatable bonds is 5. The van der Waals surface area contributed by atoms with Crippen LogP contribution in [0.3, 0.4) is 0 Å². The lowest BCUT2D eigenvalue weighted by Crippen LogP contribution is -2.02. The van der Waals surface area contributed by atoms with E-state index in [1.54, 1.807) is 5.38 Å². The molecule has 3 nitrogen and oxygen atoms in total. The largest absolute Gasteiger partial charge is 0.371 e. The number of hydrogen-bond acceptors (Lipinski definition) is 4. The van der Waals surface area contributed by atoms with Gasteiger partial charge < -0.3 is 4.74 Å². The molecule has 0 saturated carbocycles. The summed E-state index contributed by atoms with van der Waals surface area (Å²) in [5, 5.41) is 2.65. The predicted octanol–water partition coefficient (Wildman–Crippen LogP) is 2.44. The molecule has 1 aromatic rings. The second-order valence-corrected chi connectivity index (χ2v) is 3.47. The number of nitrogens with zero attached hydrogens (tertiary/aromatic N) is 1. The van der Waals surface area contributed by atoms with E-state index in [1.807, 2.05) is 13.8 Å². The Kier molecular flexibility index (Phi) is 4.05. The summed E-state index contributed by atoms with van der Waals surface area (Å²) in [4.78, 5) is 14.5. The number of carbonyl (C=O) groups excluding carboxylic acids is 1. The van der Waals surface area contributed by atoms with Crippen molar-refractivity contribution in [3.63, 3.8) is 0 Å². The lowest BCUT2D eigenvalue weighted by Gasteiger charge is -2.10. The highest BCUT2D eigenvalue weighted by molar-refractivity contribution is 7.09. The Hall–Kier alpha value is -0.740. The second kappa shape index (κ2) is 5.09. The molecular formula is C9H13NO2S. The molecule has 0 aromatic carbocycles. The summed E-state index contributed by atoms with van der Waals surface area (Å²) in [6.07, 6.45) is 1.70. The van der Waals surface area contributed by atoms with Crippen LogP contribution in [-0.2, 0) is 4.74 Å². The fourth-order valence-electron chi connectivity index (χ4n) is 1.07. The van der Waals surface area contributed by atoms with Crippen LogP contribution in [0.2, 0.25) is 0 Å². The van der Waals surface area contributed by atoms with Crippen molar-refractivity contribution in [3.05, 3.63) is 16.1 Å². The topological polar surface area (TPSA) is 39.2 Å². The molecule has 1 rings (SSSR count). The van der Waals surface area contributed by atoms with Crippen molar-refractivity contribution < 1.29 is 9.53 Å². The van der Waals surface area contributed by atoms with Crippen LogP contribution in [0.1, 0.15) is 41.9 Å². The Balaban J connectivity index is 2.72. The van der Waals surface area contributed by atoms with E-state index >= 15 is 0 Å². The van der Waals surface area contributed by atoms with Crippen LogP contribution in [0, 0.1) is 0 Å². The number of hydrogen-bond donors (Lipinski definition) is 0. The van der Waals surface area contributed by atoms with E-state index in [1.165, 1.54) is 11.3 Å². The minimum Gasteiger partial charge on any atom is -0.371 e. The smallest absolute Gasteiger partial charge is 0.169 e. The van der Waals surface area contributed by atoms with E-state index < -0.39 is 0 Å². The zero-order chi connectivity index (χ0) is 9.68. The highest BCUT2D eigenvalue weighted by Gasteiger charge is 2.12. The maximum atomic E-state index is 10.4. The minimum absolute atomic E-state index is 0.0451. The summed E-state index contributed by atoms with van der Waals surface area (Å²) in [5.41, 5.74) is 0.498. The fourth-order valence-corrected chi connectivity index (χ4v) is 1.96. The van der Waals surface area contributed by atoms with Crippen molar-refractivity contribution in [2.45, 2.75) is 26.4 Å². The van der Waals surface area contributed by atoms with Crippen molar-refractivity contribution >= 4 is 17.6 Å². The number of ether oxygens (including phenoxy) is 1. The molecule has 1 aromatic heterocycles. The molecule has 0 bridgehead atoms. The SMILES string of the molecule is CCOC(CC)c1nc(C=O)cs1. The molecule has 0 spiro atoms. The summed E-state index contributed by atoms with van der Waals surface area (Å²) in [5.74, 6) is 0. The van der Waals surface area contributed by atoms with Gasteiger partial charge in [0.25, 0.3) is 0 Å². The van der Waals surface area contributed by atoms with Crippen LogP contribution < -0.4 is 0 Å². The molecule has 0 aliphatic rings. The van der Waals surface area contributed by atoms with Crippen LogP contribution in [0.4, 0.5) is 0 Å². The highest BCUT2D eigenvalue weighted by atomic mass is 32.1. The van der Waals surface area contributed by atoms with Gasteiger partial charge in [0.1, 0.15) is 16.8 Å². The van der Waals surface area contributed by atoms with Gasteiger partial charge in [-0.15, -0.1) is 11.3 Å². The third-order valence-corrected chi connectivity index (χ3v) is 2.63. The molecule has 1 heterocycles. The van der Waals surface area contributed by atoms with Gasteiger partial charge in [-0.3, -0.25) is 4.79 Å². The van der Waals surface area contributed by atoms with Crippen molar-refractivity contribution in [2.24, 2.45) is 0 Å². The normalized spacial score (nSPS) is 12.8. The van der Waals surface area contributed by atoms with Crippen LogP contribution in [0.25, 0.3) is 0 Å². The number of carbonyl (C=O) groups is 1. The van der Waals surface area contributed by atoms with Crippen molar-refractivity contribution in [1.29, 1.82) is 0 Å². The van der Waals surface area contributed by atoms with Crippen LogP contribution in [-0.4, -0.2) is 17.9 Å². The third kappa shape index (κ3) is 2.60. The van der Waals surface area contributed by atoms with Crippen LogP contribution in [0.15, 0.2) is 5.38 Å². The zero-order valence-corrected chi connectivity index (χ0v) is 8.63. The number of thiazole rings is 1. The lowest BCUT2D eigenvalue weighted by atomic mass is 10.3. The first-order chi connectivity index (χ1) is 6.31. The Morgan fingerprint density at radius 3 is 2.92 bits per heavy atom. The molecule has 13 heavy (non-hydrogen) atoms. The van der Waals surface area contributed by atoms with Gasteiger partial charge in [0.15, 0.2) is 6.29 Å². The average Bonchev–Trinajstić information content (AvgIpc) is 2.62. The van der Waals surface area contributed by atoms with Crippen LogP contribution >= 0.6 is 11.3 Å². The van der Waals surface area contributed by atoms with E-state index in [-0.39, 0.29) is 6.10 Å². The minimum atomic E-state index is 0.0451. The number of aromatic nitrogens is 1. The van der Waals surface area contributed by atoms with E-state index in [2.05, 4.69) is 4.98 Å². The van der Waals surface area contributed by atoms with Crippen LogP contribution in [0.5, 0.6) is 0 Å². The second-order valence-electron chi connectivity index (χ2n) is 2.58. The van der Waals surface area contributed by atoms with Crippen molar-refractivity contribution in [1.82, 2.24) is 4.98 Å². The monoisotopic (exact) mass is 199 g/mol. The lowest BCUT2D eigenvalue weighted by molar-refractivity contribution is 0.0595. The molecule has 1 unspecified atom stereocenters. The van der Waals surface area contributed by atoms with Crippen molar-refractivity contribution in [3.8, 4) is 0 Å². The molecule has 0 N–H and O–H groups in total. The van der Waals surface area contributed by atoms with Gasteiger partial charge in [-0.2, -0.15) is 0 Å². The Bertz CT molecular complexity index is 272. The molecule has 1 atom stereocenters. The standard InChI is InChI=1S/C9H13NO2S/c1-3-8(12-4-2)9-10-7(5-11)6-13-9/h5-6,8H,3-4H2,1-2H3. The molecule has 0 saturated heterocycles. The molecular weight excluding hydrogens is 186 g/mol. The highest BCUT2D eigenvalue weighted by Crippen LogP contribution is 2.23. The maximum Gasteiger partial charge on any atom is 0.169 e. The molecule has 0 aliphatic carbocycles. The molecule has 0 amide bonds. The molecule has 0 aliphatic heterocycles. The van der Waals surface area contributed by atoms with Gasteiger partial charge in [-0.05, 0) is 13.3 Å². The maximum absolute atomic E-state index is 10.4. The van der Waals surface area contributed by atoms with Gasteiger partial charge in [0, 0.05) is 12.0 Å². The van der Waals surface area contributed by atoms with E-state index in [9.17, 15) is 4.79 Å². The van der Waals surface area contributed by atoms with E-state index in [0.717, 1.165) is 17.7 Å². The summed E-state index contributed by atoms with van der Waals surface area (Å²) >= 11 is 1.48. The Labute approximate surface area is 81.8 Å². The zero-order valence-electron chi connectivity index (χ0n) is 7.82. The third-order valence-electron chi connectivity index (χ3n) is 1.67. The van der Waals surface area contributed by atoms with E-state index in [4.69, 9.17) is 4.74 Å². The Morgan fingerprint density at radius 2 is 2.46 bits per heavy atom. The summed E-state index contributed by atoms with van der Waals surface area (Å²) in [6.45, 7) is 4.67. The predicted molar refractivity (Wildman–Crippen MR) is 52.2 cm³/mol. The quantitative estimate of drug-likeness (QED) is 0.684. The first kappa shape index (κ1) is 10.3. The first-order valence-corrected chi connectivity index (χ1v) is 5.22. The molecule has 4 heteroatoms. The molecule has 0 radical (unpaired) electrons. The molecule has 72 valence electrons. The van der Waals surface area contributed by atoms with Gasteiger partial charge in [0.05, 0.1) is 0 Å². The molecule has 0 fully saturated rings. The Morgan fingerprint density at radius 1 is 1.69 bits per heavy atom. The number of aldehydes is 1. The summed E-state index contributed by atoms with van der Waals surface area (Å²) < 4.78 is 5.47. The van der Waals surface area contributed by atoms with Gasteiger partial charge in [-0.25, -0.2) is 4.98 Å². The average molecular weight is 199 g/mol. The first-order valence-electron chi connectivity index (χ1n) is 4.34. The van der Waals surface area contributed by atoms with Gasteiger partial charge in [0.2, 0.25) is 0 Å². The van der Waals surface area contributed by atoms with E-state index in [0.29, 0.717) is 12.3 Å². The summed E-state index contributed by atoms with van der Waals surface area (Å²) in [6, 6.07) is 0. The fraction of sp³-hybridized carbons (Fsp3) is 0.556. The summed E-state index contributed by atoms with van der Waals surface area (Å²) in [7, 11) is 0. The van der Waals surface area contributed by atoms with Gasteiger partial charge in [-0.1, -0.05) is 6.92 Å². The van der Waals surface area contributed by atoms with Crippen molar-refractivity contribution in [2.75, 3.05) is 6.61 Å². The van der Waals surface area contributed by atoms with Gasteiger partial charge >= 0.3 is 0 Å².